The Labute approximate surface area is 117 Å². The Balaban J connectivity index is 2.01. The van der Waals surface area contributed by atoms with Gasteiger partial charge >= 0.3 is 0 Å². The van der Waals surface area contributed by atoms with E-state index >= 15 is 0 Å². The lowest BCUT2D eigenvalue weighted by Crippen LogP contribution is -2.08. The van der Waals surface area contributed by atoms with E-state index in [0.717, 1.165) is 29.8 Å². The van der Waals surface area contributed by atoms with Crippen LogP contribution in [0, 0.1) is 17.2 Å². The molecule has 0 spiro atoms. The second kappa shape index (κ2) is 4.48. The van der Waals surface area contributed by atoms with Crippen molar-refractivity contribution in [2.24, 2.45) is 11.3 Å². The minimum absolute atomic E-state index is 0.235. The van der Waals surface area contributed by atoms with Crippen molar-refractivity contribution in [3.63, 3.8) is 0 Å². The standard InChI is InChI=1S/C15H18ClFN2/c1-15(2)8-10(15)9-19-13-4-3-11(17)7-12(13)18-14(19)5-6-16/h3-4,7,10H,5-6,8-9H2,1-2H3. The Kier molecular flexibility index (Phi) is 3.05. The highest BCUT2D eigenvalue weighted by Crippen LogP contribution is 2.52. The summed E-state index contributed by atoms with van der Waals surface area (Å²) in [5.74, 6) is 1.96. The normalized spacial score (nSPS) is 20.9. The van der Waals surface area contributed by atoms with Gasteiger partial charge in [0, 0.05) is 24.9 Å². The molecule has 0 aliphatic heterocycles. The average molecular weight is 281 g/mol. The molecule has 1 unspecified atom stereocenters. The van der Waals surface area contributed by atoms with Crippen molar-refractivity contribution >= 4 is 22.6 Å². The second-order valence-corrected chi connectivity index (χ2v) is 6.48. The Morgan fingerprint density at radius 1 is 1.47 bits per heavy atom. The molecule has 0 bridgehead atoms. The Morgan fingerprint density at radius 2 is 2.21 bits per heavy atom. The van der Waals surface area contributed by atoms with Crippen LogP contribution in [0.1, 0.15) is 26.1 Å². The van der Waals surface area contributed by atoms with Crippen molar-refractivity contribution in [3.8, 4) is 0 Å². The van der Waals surface area contributed by atoms with Crippen LogP contribution >= 0.6 is 11.6 Å². The van der Waals surface area contributed by atoms with Crippen molar-refractivity contribution < 1.29 is 4.39 Å². The minimum Gasteiger partial charge on any atom is -0.328 e. The topological polar surface area (TPSA) is 17.8 Å². The number of nitrogens with zero attached hydrogens (tertiary/aromatic N) is 2. The fraction of sp³-hybridized carbons (Fsp3) is 0.533. The number of hydrogen-bond acceptors (Lipinski definition) is 1. The first-order chi connectivity index (χ1) is 9.01. The van der Waals surface area contributed by atoms with E-state index in [1.54, 1.807) is 0 Å². The molecule has 1 aromatic heterocycles. The van der Waals surface area contributed by atoms with E-state index in [1.165, 1.54) is 18.6 Å². The molecule has 1 atom stereocenters. The molecule has 1 heterocycles. The van der Waals surface area contributed by atoms with E-state index in [2.05, 4.69) is 23.4 Å². The minimum atomic E-state index is -0.235. The number of hydrogen-bond donors (Lipinski definition) is 0. The quantitative estimate of drug-likeness (QED) is 0.774. The number of rotatable bonds is 4. The highest BCUT2D eigenvalue weighted by molar-refractivity contribution is 6.17. The summed E-state index contributed by atoms with van der Waals surface area (Å²) in [5, 5.41) is 0. The highest BCUT2D eigenvalue weighted by atomic mass is 35.5. The summed E-state index contributed by atoms with van der Waals surface area (Å²) in [6.45, 7) is 5.54. The summed E-state index contributed by atoms with van der Waals surface area (Å²) in [5.41, 5.74) is 2.18. The zero-order chi connectivity index (χ0) is 13.6. The van der Waals surface area contributed by atoms with E-state index in [4.69, 9.17) is 11.6 Å². The van der Waals surface area contributed by atoms with E-state index in [9.17, 15) is 4.39 Å². The van der Waals surface area contributed by atoms with Gasteiger partial charge in [0.15, 0.2) is 0 Å². The van der Waals surface area contributed by atoms with Gasteiger partial charge < -0.3 is 4.57 Å². The smallest absolute Gasteiger partial charge is 0.125 e. The first-order valence-corrected chi connectivity index (χ1v) is 7.25. The highest BCUT2D eigenvalue weighted by Gasteiger charge is 2.45. The Hall–Kier alpha value is -1.09. The molecule has 0 saturated heterocycles. The molecule has 1 aromatic carbocycles. The average Bonchev–Trinajstić information content (AvgIpc) is 2.79. The fourth-order valence-electron chi connectivity index (χ4n) is 2.74. The van der Waals surface area contributed by atoms with Gasteiger partial charge in [-0.25, -0.2) is 9.37 Å². The maximum absolute atomic E-state index is 13.3. The molecule has 102 valence electrons. The van der Waals surface area contributed by atoms with Gasteiger partial charge in [-0.15, -0.1) is 11.6 Å². The Morgan fingerprint density at radius 3 is 2.84 bits per heavy atom. The Bertz CT molecular complexity index is 618. The predicted octanol–water partition coefficient (Wildman–Crippen LogP) is 4.00. The monoisotopic (exact) mass is 280 g/mol. The summed E-state index contributed by atoms with van der Waals surface area (Å²) >= 11 is 5.85. The predicted molar refractivity (Wildman–Crippen MR) is 76.0 cm³/mol. The molecule has 2 nitrogen and oxygen atoms in total. The van der Waals surface area contributed by atoms with Crippen molar-refractivity contribution in [1.29, 1.82) is 0 Å². The summed E-state index contributed by atoms with van der Waals surface area (Å²) < 4.78 is 15.5. The molecule has 1 saturated carbocycles. The van der Waals surface area contributed by atoms with Crippen molar-refractivity contribution in [2.75, 3.05) is 5.88 Å². The van der Waals surface area contributed by atoms with E-state index in [-0.39, 0.29) is 5.82 Å². The molecule has 1 fully saturated rings. The number of aromatic nitrogens is 2. The molecule has 3 rings (SSSR count). The van der Waals surface area contributed by atoms with Gasteiger partial charge in [0.25, 0.3) is 0 Å². The number of alkyl halides is 1. The van der Waals surface area contributed by atoms with Crippen LogP contribution in [0.15, 0.2) is 18.2 Å². The largest absolute Gasteiger partial charge is 0.328 e. The number of halogens is 2. The summed E-state index contributed by atoms with van der Waals surface area (Å²) in [6, 6.07) is 4.83. The molecule has 0 amide bonds. The number of fused-ring (bicyclic) bond motifs is 1. The van der Waals surface area contributed by atoms with Gasteiger partial charge in [-0.3, -0.25) is 0 Å². The number of benzene rings is 1. The fourth-order valence-corrected chi connectivity index (χ4v) is 2.91. The molecule has 0 radical (unpaired) electrons. The zero-order valence-corrected chi connectivity index (χ0v) is 12.0. The van der Waals surface area contributed by atoms with Gasteiger partial charge in [-0.05, 0) is 29.9 Å². The molecule has 19 heavy (non-hydrogen) atoms. The van der Waals surface area contributed by atoms with Gasteiger partial charge in [-0.2, -0.15) is 0 Å². The lowest BCUT2D eigenvalue weighted by Gasteiger charge is -2.09. The third-order valence-electron chi connectivity index (χ3n) is 4.23. The molecular weight excluding hydrogens is 263 g/mol. The molecule has 1 aliphatic carbocycles. The lowest BCUT2D eigenvalue weighted by atomic mass is 10.1. The third kappa shape index (κ3) is 2.36. The summed E-state index contributed by atoms with van der Waals surface area (Å²) in [7, 11) is 0. The number of aryl methyl sites for hydroxylation is 1. The van der Waals surface area contributed by atoms with Crippen LogP contribution in [0.4, 0.5) is 4.39 Å². The van der Waals surface area contributed by atoms with E-state index in [1.807, 2.05) is 6.07 Å². The van der Waals surface area contributed by atoms with Gasteiger partial charge in [0.05, 0.1) is 11.0 Å². The maximum atomic E-state index is 13.3. The van der Waals surface area contributed by atoms with E-state index < -0.39 is 0 Å². The molecule has 0 N–H and O–H groups in total. The number of imidazole rings is 1. The maximum Gasteiger partial charge on any atom is 0.125 e. The van der Waals surface area contributed by atoms with Gasteiger partial charge in [0.1, 0.15) is 11.6 Å². The summed E-state index contributed by atoms with van der Waals surface area (Å²) in [4.78, 5) is 4.53. The van der Waals surface area contributed by atoms with Crippen molar-refractivity contribution in [3.05, 3.63) is 29.8 Å². The van der Waals surface area contributed by atoms with Gasteiger partial charge in [0.2, 0.25) is 0 Å². The second-order valence-electron chi connectivity index (χ2n) is 6.10. The van der Waals surface area contributed by atoms with Crippen LogP contribution < -0.4 is 0 Å². The molecule has 2 aromatic rings. The third-order valence-corrected chi connectivity index (χ3v) is 4.42. The summed E-state index contributed by atoms with van der Waals surface area (Å²) in [6.07, 6.45) is 1.97. The first kappa shape index (κ1) is 12.9. The van der Waals surface area contributed by atoms with Crippen LogP contribution in [0.25, 0.3) is 11.0 Å². The van der Waals surface area contributed by atoms with Crippen LogP contribution in [0.2, 0.25) is 0 Å². The van der Waals surface area contributed by atoms with Crippen molar-refractivity contribution in [1.82, 2.24) is 9.55 Å². The lowest BCUT2D eigenvalue weighted by molar-refractivity contribution is 0.496. The SMILES string of the molecule is CC1(C)CC1Cn1c(CCCl)nc2cc(F)ccc21. The van der Waals surface area contributed by atoms with Gasteiger partial charge in [-0.1, -0.05) is 13.8 Å². The van der Waals surface area contributed by atoms with Crippen LogP contribution in [-0.4, -0.2) is 15.4 Å². The first-order valence-electron chi connectivity index (χ1n) is 6.72. The molecule has 1 aliphatic rings. The van der Waals surface area contributed by atoms with Crippen LogP contribution in [0.5, 0.6) is 0 Å². The van der Waals surface area contributed by atoms with Crippen LogP contribution in [-0.2, 0) is 13.0 Å². The van der Waals surface area contributed by atoms with Crippen LogP contribution in [0.3, 0.4) is 0 Å². The molecular formula is C15H18ClFN2. The van der Waals surface area contributed by atoms with Crippen molar-refractivity contribution in [2.45, 2.75) is 33.2 Å². The molecule has 4 heteroatoms. The van der Waals surface area contributed by atoms with E-state index in [0.29, 0.717) is 17.2 Å². The zero-order valence-electron chi connectivity index (χ0n) is 11.3.